The molecule has 23 heavy (non-hydrogen) atoms. The van der Waals surface area contributed by atoms with Gasteiger partial charge in [-0.15, -0.1) is 0 Å². The first-order chi connectivity index (χ1) is 11.2. The van der Waals surface area contributed by atoms with Crippen LogP contribution >= 0.6 is 0 Å². The molecule has 1 aromatic rings. The SMILES string of the molecule is CCN1CCN(CCC(=O)Nc2ccc(OC)cc2OC)CC1. The van der Waals surface area contributed by atoms with Crippen molar-refractivity contribution in [2.45, 2.75) is 13.3 Å². The van der Waals surface area contributed by atoms with Gasteiger partial charge >= 0.3 is 0 Å². The minimum absolute atomic E-state index is 0.00591. The van der Waals surface area contributed by atoms with Gasteiger partial charge in [-0.3, -0.25) is 4.79 Å². The first-order valence-electron chi connectivity index (χ1n) is 8.12. The summed E-state index contributed by atoms with van der Waals surface area (Å²) in [5, 5.41) is 2.92. The third kappa shape index (κ3) is 5.11. The van der Waals surface area contributed by atoms with Gasteiger partial charge in [0.15, 0.2) is 0 Å². The van der Waals surface area contributed by atoms with Crippen LogP contribution in [0.2, 0.25) is 0 Å². The minimum Gasteiger partial charge on any atom is -0.497 e. The molecule has 0 bridgehead atoms. The summed E-state index contributed by atoms with van der Waals surface area (Å²) in [6.45, 7) is 8.33. The van der Waals surface area contributed by atoms with Gasteiger partial charge in [0.1, 0.15) is 11.5 Å². The number of likely N-dealkylation sites (N-methyl/N-ethyl adjacent to an activating group) is 1. The maximum absolute atomic E-state index is 12.2. The Morgan fingerprint density at radius 2 is 1.83 bits per heavy atom. The number of nitrogens with zero attached hydrogens (tertiary/aromatic N) is 2. The van der Waals surface area contributed by atoms with Gasteiger partial charge in [0.2, 0.25) is 5.91 Å². The van der Waals surface area contributed by atoms with E-state index >= 15 is 0 Å². The number of ether oxygens (including phenoxy) is 2. The van der Waals surface area contributed by atoms with E-state index in [4.69, 9.17) is 9.47 Å². The van der Waals surface area contributed by atoms with Gasteiger partial charge in [0.25, 0.3) is 0 Å². The Kier molecular flexibility index (Phi) is 6.67. The first-order valence-corrected chi connectivity index (χ1v) is 8.12. The fourth-order valence-corrected chi connectivity index (χ4v) is 2.70. The molecule has 6 nitrogen and oxygen atoms in total. The van der Waals surface area contributed by atoms with E-state index in [0.29, 0.717) is 23.6 Å². The zero-order valence-electron chi connectivity index (χ0n) is 14.3. The van der Waals surface area contributed by atoms with E-state index in [1.807, 2.05) is 6.07 Å². The van der Waals surface area contributed by atoms with Crippen LogP contribution in [0.3, 0.4) is 0 Å². The summed E-state index contributed by atoms with van der Waals surface area (Å²) in [6.07, 6.45) is 0.487. The normalized spacial score (nSPS) is 16.1. The van der Waals surface area contributed by atoms with E-state index in [0.717, 1.165) is 39.3 Å². The van der Waals surface area contributed by atoms with E-state index in [-0.39, 0.29) is 5.91 Å². The Balaban J connectivity index is 1.81. The van der Waals surface area contributed by atoms with Crippen molar-refractivity contribution in [1.82, 2.24) is 9.80 Å². The lowest BCUT2D eigenvalue weighted by Gasteiger charge is -2.33. The second-order valence-corrected chi connectivity index (χ2v) is 5.64. The van der Waals surface area contributed by atoms with Crippen LogP contribution in [-0.4, -0.2) is 69.2 Å². The van der Waals surface area contributed by atoms with Crippen molar-refractivity contribution in [2.75, 3.05) is 58.8 Å². The smallest absolute Gasteiger partial charge is 0.225 e. The molecule has 0 spiro atoms. The van der Waals surface area contributed by atoms with Crippen molar-refractivity contribution >= 4 is 11.6 Å². The maximum atomic E-state index is 12.2. The predicted octanol–water partition coefficient (Wildman–Crippen LogP) is 1.67. The molecule has 1 aliphatic rings. The van der Waals surface area contributed by atoms with Crippen LogP contribution in [0.4, 0.5) is 5.69 Å². The summed E-state index contributed by atoms with van der Waals surface area (Å²) in [4.78, 5) is 16.9. The molecule has 0 unspecified atom stereocenters. The lowest BCUT2D eigenvalue weighted by Crippen LogP contribution is -2.46. The minimum atomic E-state index is 0.00591. The van der Waals surface area contributed by atoms with Crippen LogP contribution < -0.4 is 14.8 Å². The van der Waals surface area contributed by atoms with E-state index in [2.05, 4.69) is 22.0 Å². The fraction of sp³-hybridized carbons (Fsp3) is 0.588. The fourth-order valence-electron chi connectivity index (χ4n) is 2.70. The van der Waals surface area contributed by atoms with Gasteiger partial charge in [-0.2, -0.15) is 0 Å². The summed E-state index contributed by atoms with van der Waals surface area (Å²) in [7, 11) is 3.18. The second-order valence-electron chi connectivity index (χ2n) is 5.64. The summed E-state index contributed by atoms with van der Waals surface area (Å²) >= 11 is 0. The number of carbonyl (C=O) groups is 1. The summed E-state index contributed by atoms with van der Waals surface area (Å²) < 4.78 is 10.5. The molecular weight excluding hydrogens is 294 g/mol. The molecule has 0 aliphatic carbocycles. The quantitative estimate of drug-likeness (QED) is 0.828. The standard InChI is InChI=1S/C17H27N3O3/c1-4-19-9-11-20(12-10-19)8-7-17(21)18-15-6-5-14(22-2)13-16(15)23-3/h5-6,13H,4,7-12H2,1-3H3,(H,18,21). The zero-order chi connectivity index (χ0) is 16.7. The largest absolute Gasteiger partial charge is 0.497 e. The number of rotatable bonds is 7. The monoisotopic (exact) mass is 321 g/mol. The van der Waals surface area contributed by atoms with E-state index in [9.17, 15) is 4.79 Å². The molecule has 0 atom stereocenters. The average Bonchev–Trinajstić information content (AvgIpc) is 2.60. The molecular formula is C17H27N3O3. The Morgan fingerprint density at radius 3 is 2.43 bits per heavy atom. The van der Waals surface area contributed by atoms with Crippen LogP contribution in [0.5, 0.6) is 11.5 Å². The van der Waals surface area contributed by atoms with Crippen LogP contribution in [0.15, 0.2) is 18.2 Å². The van der Waals surface area contributed by atoms with Gasteiger partial charge in [0, 0.05) is 45.2 Å². The molecule has 1 fully saturated rings. The molecule has 6 heteroatoms. The molecule has 0 aromatic heterocycles. The van der Waals surface area contributed by atoms with Gasteiger partial charge in [-0.25, -0.2) is 0 Å². The van der Waals surface area contributed by atoms with Crippen molar-refractivity contribution < 1.29 is 14.3 Å². The lowest BCUT2D eigenvalue weighted by molar-refractivity contribution is -0.116. The molecule has 128 valence electrons. The Bertz CT molecular complexity index is 514. The predicted molar refractivity (Wildman–Crippen MR) is 91.3 cm³/mol. The molecule has 1 amide bonds. The number of nitrogens with one attached hydrogen (secondary N) is 1. The van der Waals surface area contributed by atoms with Gasteiger partial charge in [-0.1, -0.05) is 6.92 Å². The van der Waals surface area contributed by atoms with Crippen LogP contribution in [0.25, 0.3) is 0 Å². The number of anilines is 1. The summed E-state index contributed by atoms with van der Waals surface area (Å²) in [5.41, 5.74) is 0.675. The van der Waals surface area contributed by atoms with Crippen molar-refractivity contribution in [3.8, 4) is 11.5 Å². The number of hydrogen-bond acceptors (Lipinski definition) is 5. The topological polar surface area (TPSA) is 54.0 Å². The molecule has 0 saturated carbocycles. The van der Waals surface area contributed by atoms with Crippen LogP contribution in [0.1, 0.15) is 13.3 Å². The summed E-state index contributed by atoms with van der Waals surface area (Å²) in [6, 6.07) is 5.37. The third-order valence-electron chi connectivity index (χ3n) is 4.25. The van der Waals surface area contributed by atoms with Crippen LogP contribution in [-0.2, 0) is 4.79 Å². The highest BCUT2D eigenvalue weighted by Crippen LogP contribution is 2.29. The third-order valence-corrected chi connectivity index (χ3v) is 4.25. The van der Waals surface area contributed by atoms with Crippen LogP contribution in [0, 0.1) is 0 Å². The van der Waals surface area contributed by atoms with Gasteiger partial charge in [0.05, 0.1) is 19.9 Å². The van der Waals surface area contributed by atoms with Gasteiger partial charge in [-0.05, 0) is 18.7 Å². The molecule has 1 aliphatic heterocycles. The number of methoxy groups -OCH3 is 2. The zero-order valence-corrected chi connectivity index (χ0v) is 14.3. The van der Waals surface area contributed by atoms with E-state index in [1.54, 1.807) is 26.4 Å². The van der Waals surface area contributed by atoms with Crippen molar-refractivity contribution in [3.63, 3.8) is 0 Å². The number of piperazine rings is 1. The van der Waals surface area contributed by atoms with Crippen molar-refractivity contribution in [2.24, 2.45) is 0 Å². The second kappa shape index (κ2) is 8.74. The molecule has 1 N–H and O–H groups in total. The lowest BCUT2D eigenvalue weighted by atomic mass is 10.2. The Morgan fingerprint density at radius 1 is 1.13 bits per heavy atom. The molecule has 0 radical (unpaired) electrons. The highest BCUT2D eigenvalue weighted by molar-refractivity contribution is 5.92. The first kappa shape index (κ1) is 17.6. The van der Waals surface area contributed by atoms with E-state index in [1.165, 1.54) is 0 Å². The molecule has 1 saturated heterocycles. The van der Waals surface area contributed by atoms with Gasteiger partial charge < -0.3 is 24.6 Å². The number of amides is 1. The Hall–Kier alpha value is -1.79. The van der Waals surface area contributed by atoms with Crippen molar-refractivity contribution in [3.05, 3.63) is 18.2 Å². The molecule has 1 heterocycles. The molecule has 2 rings (SSSR count). The molecule has 1 aromatic carbocycles. The highest BCUT2D eigenvalue weighted by Gasteiger charge is 2.16. The number of hydrogen-bond donors (Lipinski definition) is 1. The Labute approximate surface area is 138 Å². The highest BCUT2D eigenvalue weighted by atomic mass is 16.5. The van der Waals surface area contributed by atoms with E-state index < -0.39 is 0 Å². The average molecular weight is 321 g/mol. The number of benzene rings is 1. The number of carbonyl (C=O) groups excluding carboxylic acids is 1. The van der Waals surface area contributed by atoms with Crippen molar-refractivity contribution in [1.29, 1.82) is 0 Å². The maximum Gasteiger partial charge on any atom is 0.225 e. The summed E-state index contributed by atoms with van der Waals surface area (Å²) in [5.74, 6) is 1.31.